The standard InChI is InChI=1S/C18H22N4O3S.2ClH/c1-13-2-3-14(19)12-17(13)18(23)22-10-8-21(9-11-22)15-4-6-16(7-5-15)26(20,24)25;;/h2-7,12H,8-11,19H2,1H3,(H2,20,24,25);2*1H. The fourth-order valence-electron chi connectivity index (χ4n) is 3.05. The predicted octanol–water partition coefficient (Wildman–Crippen LogP) is 2.03. The SMILES string of the molecule is Cc1ccc(N)cc1C(=O)N1CCN(c2ccc(S(N)(=O)=O)cc2)CC1.Cl.Cl. The Hall–Kier alpha value is -2.00. The highest BCUT2D eigenvalue weighted by Crippen LogP contribution is 2.21. The molecule has 3 rings (SSSR count). The molecule has 0 unspecified atom stereocenters. The predicted molar refractivity (Wildman–Crippen MR) is 116 cm³/mol. The number of amides is 1. The van der Waals surface area contributed by atoms with Crippen LogP contribution in [0.4, 0.5) is 11.4 Å². The molecule has 1 aliphatic heterocycles. The molecule has 4 N–H and O–H groups in total. The van der Waals surface area contributed by atoms with Gasteiger partial charge >= 0.3 is 0 Å². The number of rotatable bonds is 3. The molecule has 0 aliphatic carbocycles. The minimum Gasteiger partial charge on any atom is -0.399 e. The average Bonchev–Trinajstić information content (AvgIpc) is 2.63. The van der Waals surface area contributed by atoms with Crippen LogP contribution in [0.25, 0.3) is 0 Å². The van der Waals surface area contributed by atoms with E-state index in [0.717, 1.165) is 11.3 Å². The molecule has 0 atom stereocenters. The van der Waals surface area contributed by atoms with E-state index in [9.17, 15) is 13.2 Å². The Bertz CT molecular complexity index is 928. The summed E-state index contributed by atoms with van der Waals surface area (Å²) >= 11 is 0. The molecule has 2 aromatic rings. The first-order valence-electron chi connectivity index (χ1n) is 8.29. The number of nitrogens with zero attached hydrogens (tertiary/aromatic N) is 2. The highest BCUT2D eigenvalue weighted by atomic mass is 35.5. The molecular formula is C18H24Cl2N4O3S. The number of halogens is 2. The van der Waals surface area contributed by atoms with Gasteiger partial charge in [-0.25, -0.2) is 13.6 Å². The van der Waals surface area contributed by atoms with Crippen molar-refractivity contribution in [2.24, 2.45) is 5.14 Å². The zero-order valence-electron chi connectivity index (χ0n) is 15.4. The van der Waals surface area contributed by atoms with Crippen LogP contribution in [-0.2, 0) is 10.0 Å². The summed E-state index contributed by atoms with van der Waals surface area (Å²) in [5, 5.41) is 5.12. The van der Waals surface area contributed by atoms with Gasteiger partial charge in [0.15, 0.2) is 0 Å². The minimum absolute atomic E-state index is 0. The van der Waals surface area contributed by atoms with E-state index >= 15 is 0 Å². The normalized spacial score (nSPS) is 14.1. The molecule has 2 aromatic carbocycles. The Labute approximate surface area is 177 Å². The second kappa shape index (κ2) is 9.47. The number of sulfonamides is 1. The van der Waals surface area contributed by atoms with Crippen molar-refractivity contribution in [3.05, 3.63) is 53.6 Å². The topological polar surface area (TPSA) is 110 Å². The number of carbonyl (C=O) groups excluding carboxylic acids is 1. The number of anilines is 2. The van der Waals surface area contributed by atoms with Gasteiger partial charge in [0.05, 0.1) is 4.90 Å². The molecule has 28 heavy (non-hydrogen) atoms. The van der Waals surface area contributed by atoms with Crippen molar-refractivity contribution in [2.45, 2.75) is 11.8 Å². The highest BCUT2D eigenvalue weighted by molar-refractivity contribution is 7.89. The van der Waals surface area contributed by atoms with Crippen molar-refractivity contribution >= 4 is 52.1 Å². The monoisotopic (exact) mass is 446 g/mol. The van der Waals surface area contributed by atoms with Gasteiger partial charge in [-0.3, -0.25) is 4.79 Å². The summed E-state index contributed by atoms with van der Waals surface area (Å²) in [6, 6.07) is 11.8. The first kappa shape index (κ1) is 24.0. The van der Waals surface area contributed by atoms with Crippen molar-refractivity contribution in [1.29, 1.82) is 0 Å². The van der Waals surface area contributed by atoms with E-state index in [0.29, 0.717) is 37.4 Å². The molecule has 0 saturated carbocycles. The Morgan fingerprint density at radius 1 is 0.964 bits per heavy atom. The summed E-state index contributed by atoms with van der Waals surface area (Å²) in [5.41, 5.74) is 8.83. The van der Waals surface area contributed by atoms with Gasteiger partial charge in [0.1, 0.15) is 0 Å². The average molecular weight is 447 g/mol. The molecule has 0 aromatic heterocycles. The Morgan fingerprint density at radius 2 is 1.54 bits per heavy atom. The molecule has 154 valence electrons. The van der Waals surface area contributed by atoms with Crippen molar-refractivity contribution in [3.63, 3.8) is 0 Å². The van der Waals surface area contributed by atoms with E-state index < -0.39 is 10.0 Å². The first-order chi connectivity index (χ1) is 12.3. The zero-order chi connectivity index (χ0) is 18.9. The second-order valence-electron chi connectivity index (χ2n) is 6.39. The molecular weight excluding hydrogens is 423 g/mol. The van der Waals surface area contributed by atoms with Crippen LogP contribution in [-0.4, -0.2) is 45.4 Å². The van der Waals surface area contributed by atoms with Crippen molar-refractivity contribution < 1.29 is 13.2 Å². The maximum absolute atomic E-state index is 12.7. The van der Waals surface area contributed by atoms with E-state index in [-0.39, 0.29) is 35.6 Å². The first-order valence-corrected chi connectivity index (χ1v) is 9.83. The summed E-state index contributed by atoms with van der Waals surface area (Å²) in [6.45, 7) is 4.41. The fraction of sp³-hybridized carbons (Fsp3) is 0.278. The second-order valence-corrected chi connectivity index (χ2v) is 7.95. The lowest BCUT2D eigenvalue weighted by Gasteiger charge is -2.36. The number of carbonyl (C=O) groups is 1. The number of benzene rings is 2. The molecule has 0 bridgehead atoms. The van der Waals surface area contributed by atoms with Crippen molar-refractivity contribution in [3.8, 4) is 0 Å². The van der Waals surface area contributed by atoms with Gasteiger partial charge in [0, 0.05) is 43.1 Å². The zero-order valence-corrected chi connectivity index (χ0v) is 17.8. The van der Waals surface area contributed by atoms with Crippen LogP contribution in [0.2, 0.25) is 0 Å². The van der Waals surface area contributed by atoms with Gasteiger partial charge < -0.3 is 15.5 Å². The molecule has 0 spiro atoms. The third-order valence-electron chi connectivity index (χ3n) is 4.59. The number of nitrogen functional groups attached to an aromatic ring is 1. The quantitative estimate of drug-likeness (QED) is 0.700. The highest BCUT2D eigenvalue weighted by Gasteiger charge is 2.23. The summed E-state index contributed by atoms with van der Waals surface area (Å²) in [4.78, 5) is 16.8. The molecule has 7 nitrogen and oxygen atoms in total. The third kappa shape index (κ3) is 5.29. The van der Waals surface area contributed by atoms with Gasteiger partial charge in [-0.15, -0.1) is 24.8 Å². The van der Waals surface area contributed by atoms with Crippen LogP contribution in [0.1, 0.15) is 15.9 Å². The van der Waals surface area contributed by atoms with Crippen molar-refractivity contribution in [1.82, 2.24) is 4.90 Å². The van der Waals surface area contributed by atoms with E-state index in [2.05, 4.69) is 4.90 Å². The van der Waals surface area contributed by atoms with Gasteiger partial charge in [-0.05, 0) is 48.9 Å². The fourth-order valence-corrected chi connectivity index (χ4v) is 3.57. The minimum atomic E-state index is -3.69. The molecule has 1 aliphatic rings. The van der Waals surface area contributed by atoms with Crippen LogP contribution >= 0.6 is 24.8 Å². The van der Waals surface area contributed by atoms with Crippen LogP contribution < -0.4 is 15.8 Å². The third-order valence-corrected chi connectivity index (χ3v) is 5.52. The largest absolute Gasteiger partial charge is 0.399 e. The Kier molecular flexibility index (Phi) is 8.13. The number of hydrogen-bond donors (Lipinski definition) is 2. The molecule has 1 fully saturated rings. The van der Waals surface area contributed by atoms with Crippen LogP contribution in [0.3, 0.4) is 0 Å². The Balaban J connectivity index is 0.00000196. The Morgan fingerprint density at radius 3 is 2.07 bits per heavy atom. The summed E-state index contributed by atoms with van der Waals surface area (Å²) < 4.78 is 22.7. The maximum Gasteiger partial charge on any atom is 0.254 e. The lowest BCUT2D eigenvalue weighted by atomic mass is 10.1. The van der Waals surface area contributed by atoms with Crippen molar-refractivity contribution in [2.75, 3.05) is 36.8 Å². The lowest BCUT2D eigenvalue weighted by molar-refractivity contribution is 0.0746. The summed E-state index contributed by atoms with van der Waals surface area (Å²) in [7, 11) is -3.69. The van der Waals surface area contributed by atoms with E-state index in [1.165, 1.54) is 12.1 Å². The number of primary sulfonamides is 1. The molecule has 1 heterocycles. The van der Waals surface area contributed by atoms with E-state index in [1.807, 2.05) is 17.9 Å². The van der Waals surface area contributed by atoms with E-state index in [4.69, 9.17) is 10.9 Å². The number of aryl methyl sites for hydroxylation is 1. The molecule has 1 amide bonds. The van der Waals surface area contributed by atoms with Gasteiger partial charge in [0.2, 0.25) is 10.0 Å². The number of piperazine rings is 1. The number of hydrogen-bond acceptors (Lipinski definition) is 5. The molecule has 0 radical (unpaired) electrons. The van der Waals surface area contributed by atoms with Gasteiger partial charge in [-0.1, -0.05) is 6.07 Å². The van der Waals surface area contributed by atoms with Crippen LogP contribution in [0, 0.1) is 6.92 Å². The van der Waals surface area contributed by atoms with E-state index in [1.54, 1.807) is 24.3 Å². The summed E-state index contributed by atoms with van der Waals surface area (Å²) in [5.74, 6) is -0.0148. The van der Waals surface area contributed by atoms with Crippen LogP contribution in [0.15, 0.2) is 47.4 Å². The molecule has 10 heteroatoms. The molecule has 1 saturated heterocycles. The summed E-state index contributed by atoms with van der Waals surface area (Å²) in [6.07, 6.45) is 0. The smallest absolute Gasteiger partial charge is 0.254 e. The number of nitrogens with two attached hydrogens (primary N) is 2. The van der Waals surface area contributed by atoms with Crippen LogP contribution in [0.5, 0.6) is 0 Å². The lowest BCUT2D eigenvalue weighted by Crippen LogP contribution is -2.49. The van der Waals surface area contributed by atoms with Gasteiger partial charge in [0.25, 0.3) is 5.91 Å². The van der Waals surface area contributed by atoms with Gasteiger partial charge in [-0.2, -0.15) is 0 Å². The maximum atomic E-state index is 12.7.